The topological polar surface area (TPSA) is 84.6 Å². The Morgan fingerprint density at radius 2 is 1.71 bits per heavy atom. The minimum absolute atomic E-state index is 0. The van der Waals surface area contributed by atoms with Crippen LogP contribution in [0.15, 0.2) is 72.8 Å². The fourth-order valence-electron chi connectivity index (χ4n) is 4.64. The molecule has 4 rings (SSSR count). The van der Waals surface area contributed by atoms with Gasteiger partial charge in [-0.25, -0.2) is 0 Å². The maximum absolute atomic E-state index is 12.3. The first-order chi connectivity index (χ1) is 16.0. The van der Waals surface area contributed by atoms with Crippen molar-refractivity contribution in [1.82, 2.24) is 5.32 Å². The van der Waals surface area contributed by atoms with Gasteiger partial charge in [0.1, 0.15) is 12.4 Å². The largest absolute Gasteiger partial charge is 0.488 e. The van der Waals surface area contributed by atoms with Crippen LogP contribution in [0, 0.1) is 0 Å². The lowest BCUT2D eigenvalue weighted by atomic mass is 9.82. The van der Waals surface area contributed by atoms with Crippen molar-refractivity contribution in [3.05, 3.63) is 101 Å². The molecule has 0 aliphatic heterocycles. The van der Waals surface area contributed by atoms with Crippen molar-refractivity contribution >= 4 is 18.3 Å². The Hall–Kier alpha value is -2.86. The average Bonchev–Trinajstić information content (AvgIpc) is 2.84. The third-order valence-corrected chi connectivity index (χ3v) is 6.41. The Morgan fingerprint density at radius 1 is 1.06 bits per heavy atom. The zero-order valence-corrected chi connectivity index (χ0v) is 20.3. The van der Waals surface area contributed by atoms with Gasteiger partial charge in [-0.3, -0.25) is 4.79 Å². The third kappa shape index (κ3) is 6.17. The Labute approximate surface area is 207 Å². The molecule has 180 valence electrons. The molecular formula is C28H33ClN2O3. The second kappa shape index (κ2) is 12.0. The van der Waals surface area contributed by atoms with Crippen molar-refractivity contribution in [2.75, 3.05) is 0 Å². The fraction of sp³-hybridized carbons (Fsp3) is 0.321. The van der Waals surface area contributed by atoms with Gasteiger partial charge in [-0.2, -0.15) is 0 Å². The van der Waals surface area contributed by atoms with E-state index in [-0.39, 0.29) is 24.5 Å². The van der Waals surface area contributed by atoms with Crippen LogP contribution in [0.3, 0.4) is 0 Å². The average molecular weight is 481 g/mol. The van der Waals surface area contributed by atoms with Crippen molar-refractivity contribution in [3.63, 3.8) is 0 Å². The molecular weight excluding hydrogens is 448 g/mol. The summed E-state index contributed by atoms with van der Waals surface area (Å²) in [6, 6.07) is 24.0. The molecule has 0 bridgehead atoms. The standard InChI is InChI=1S/C28H32N2O3.ClH/c1-19(12-13-20-8-4-2-5-9-20)30-24-16-14-22-23(27(24)31)15-17-25(26(22)28(29)32)33-18-21-10-6-3-7-11-21;/h2-11,15,17,19,24,27,30-31H,12-14,16,18H2,1H3,(H2,29,32);1H. The van der Waals surface area contributed by atoms with Crippen LogP contribution in [0.4, 0.5) is 0 Å². The van der Waals surface area contributed by atoms with Crippen molar-refractivity contribution < 1.29 is 14.6 Å². The van der Waals surface area contributed by atoms with E-state index >= 15 is 0 Å². The van der Waals surface area contributed by atoms with Gasteiger partial charge in [0, 0.05) is 12.1 Å². The number of aliphatic hydroxyl groups excluding tert-OH is 1. The van der Waals surface area contributed by atoms with Gasteiger partial charge in [-0.15, -0.1) is 12.4 Å². The van der Waals surface area contributed by atoms with Crippen LogP contribution in [0.1, 0.15) is 58.5 Å². The quantitative estimate of drug-likeness (QED) is 0.412. The number of aryl methyl sites for hydroxylation is 1. The van der Waals surface area contributed by atoms with E-state index in [0.29, 0.717) is 24.3 Å². The van der Waals surface area contributed by atoms with E-state index < -0.39 is 12.0 Å². The highest BCUT2D eigenvalue weighted by molar-refractivity contribution is 5.97. The van der Waals surface area contributed by atoms with Crippen LogP contribution in [0.5, 0.6) is 5.75 Å². The lowest BCUT2D eigenvalue weighted by Crippen LogP contribution is -2.43. The first-order valence-corrected chi connectivity index (χ1v) is 11.6. The summed E-state index contributed by atoms with van der Waals surface area (Å²) in [5, 5.41) is 14.7. The molecule has 3 atom stereocenters. The number of amides is 1. The molecule has 1 aliphatic rings. The van der Waals surface area contributed by atoms with E-state index in [9.17, 15) is 9.90 Å². The number of carbonyl (C=O) groups is 1. The summed E-state index contributed by atoms with van der Waals surface area (Å²) in [6.45, 7) is 2.51. The molecule has 0 fully saturated rings. The summed E-state index contributed by atoms with van der Waals surface area (Å²) in [5.41, 5.74) is 10.0. The van der Waals surface area contributed by atoms with Crippen LogP contribution in [0.2, 0.25) is 0 Å². The number of ether oxygens (including phenoxy) is 1. The summed E-state index contributed by atoms with van der Waals surface area (Å²) in [7, 11) is 0. The highest BCUT2D eigenvalue weighted by atomic mass is 35.5. The Kier molecular flexibility index (Phi) is 9.11. The number of aliphatic hydroxyl groups is 1. The van der Waals surface area contributed by atoms with Crippen molar-refractivity contribution in [1.29, 1.82) is 0 Å². The molecule has 3 aromatic carbocycles. The number of carbonyl (C=O) groups excluding carboxylic acids is 1. The molecule has 0 spiro atoms. The van der Waals surface area contributed by atoms with Crippen LogP contribution in [0.25, 0.3) is 0 Å². The first kappa shape index (κ1) is 25.8. The molecule has 0 heterocycles. The number of primary amides is 1. The minimum Gasteiger partial charge on any atom is -0.488 e. The smallest absolute Gasteiger partial charge is 0.252 e. The Balaban J connectivity index is 0.00000324. The van der Waals surface area contributed by atoms with Gasteiger partial charge >= 0.3 is 0 Å². The lowest BCUT2D eigenvalue weighted by molar-refractivity contribution is 0.0982. The van der Waals surface area contributed by atoms with Gasteiger partial charge in [-0.05, 0) is 60.9 Å². The first-order valence-electron chi connectivity index (χ1n) is 11.6. The highest BCUT2D eigenvalue weighted by Gasteiger charge is 2.32. The number of hydrogen-bond acceptors (Lipinski definition) is 4. The van der Waals surface area contributed by atoms with Gasteiger partial charge in [0.05, 0.1) is 11.7 Å². The lowest BCUT2D eigenvalue weighted by Gasteiger charge is -2.34. The molecule has 0 saturated heterocycles. The van der Waals surface area contributed by atoms with E-state index in [4.69, 9.17) is 10.5 Å². The summed E-state index contributed by atoms with van der Waals surface area (Å²) in [4.78, 5) is 12.3. The number of halogens is 1. The van der Waals surface area contributed by atoms with Gasteiger partial charge in [-0.1, -0.05) is 66.7 Å². The van der Waals surface area contributed by atoms with Gasteiger partial charge in [0.2, 0.25) is 0 Å². The van der Waals surface area contributed by atoms with Gasteiger partial charge < -0.3 is 20.9 Å². The van der Waals surface area contributed by atoms with Crippen molar-refractivity contribution in [3.8, 4) is 5.75 Å². The normalized spacial score (nSPS) is 17.8. The van der Waals surface area contributed by atoms with E-state index in [2.05, 4.69) is 36.5 Å². The molecule has 1 aliphatic carbocycles. The van der Waals surface area contributed by atoms with Crippen LogP contribution in [-0.2, 0) is 19.4 Å². The number of fused-ring (bicyclic) bond motifs is 1. The van der Waals surface area contributed by atoms with E-state index in [1.54, 1.807) is 6.07 Å². The third-order valence-electron chi connectivity index (χ3n) is 6.41. The number of nitrogens with one attached hydrogen (secondary N) is 1. The molecule has 6 heteroatoms. The Morgan fingerprint density at radius 3 is 2.35 bits per heavy atom. The molecule has 0 saturated carbocycles. The van der Waals surface area contributed by atoms with Crippen LogP contribution >= 0.6 is 12.4 Å². The number of rotatable bonds is 9. The maximum atomic E-state index is 12.3. The molecule has 3 aromatic rings. The minimum atomic E-state index is -0.700. The molecule has 3 unspecified atom stereocenters. The van der Waals surface area contributed by atoms with E-state index in [1.807, 2.05) is 42.5 Å². The van der Waals surface area contributed by atoms with Crippen molar-refractivity contribution in [2.45, 2.75) is 57.4 Å². The molecule has 5 nitrogen and oxygen atoms in total. The fourth-order valence-corrected chi connectivity index (χ4v) is 4.64. The number of nitrogens with two attached hydrogens (primary N) is 1. The summed E-state index contributed by atoms with van der Waals surface area (Å²) in [5.74, 6) is -0.0512. The zero-order chi connectivity index (χ0) is 23.2. The zero-order valence-electron chi connectivity index (χ0n) is 19.4. The SMILES string of the molecule is CC(CCc1ccccc1)NC1CCc2c(ccc(OCc3ccccc3)c2C(N)=O)C1O.Cl. The number of benzene rings is 3. The summed E-state index contributed by atoms with van der Waals surface area (Å²) in [6.07, 6.45) is 2.67. The van der Waals surface area contributed by atoms with Crippen LogP contribution in [-0.4, -0.2) is 23.1 Å². The molecule has 0 aromatic heterocycles. The number of hydrogen-bond donors (Lipinski definition) is 3. The molecule has 1 amide bonds. The monoisotopic (exact) mass is 480 g/mol. The molecule has 34 heavy (non-hydrogen) atoms. The molecule has 4 N–H and O–H groups in total. The Bertz CT molecular complexity index is 1080. The second-order valence-corrected chi connectivity index (χ2v) is 8.83. The van der Waals surface area contributed by atoms with Crippen molar-refractivity contribution in [2.24, 2.45) is 5.73 Å². The summed E-state index contributed by atoms with van der Waals surface area (Å²) >= 11 is 0. The van der Waals surface area contributed by atoms with E-state index in [1.165, 1.54) is 5.56 Å². The summed E-state index contributed by atoms with van der Waals surface area (Å²) < 4.78 is 5.95. The highest BCUT2D eigenvalue weighted by Crippen LogP contribution is 2.36. The maximum Gasteiger partial charge on any atom is 0.252 e. The predicted molar refractivity (Wildman–Crippen MR) is 137 cm³/mol. The van der Waals surface area contributed by atoms with Crippen LogP contribution < -0.4 is 15.8 Å². The van der Waals surface area contributed by atoms with Gasteiger partial charge in [0.25, 0.3) is 5.91 Å². The second-order valence-electron chi connectivity index (χ2n) is 8.83. The molecule has 0 radical (unpaired) electrons. The van der Waals surface area contributed by atoms with E-state index in [0.717, 1.165) is 36.0 Å². The predicted octanol–water partition coefficient (Wildman–Crippen LogP) is 4.75. The van der Waals surface area contributed by atoms with Gasteiger partial charge in [0.15, 0.2) is 0 Å².